The third kappa shape index (κ3) is 11.6. The Morgan fingerprint density at radius 1 is 1.05 bits per heavy atom. The molecule has 0 fully saturated rings. The Balaban J connectivity index is 0.00000182. The molecule has 1 aromatic carbocycles. The van der Waals surface area contributed by atoms with Crippen LogP contribution in [0.2, 0.25) is 0 Å². The highest BCUT2D eigenvalue weighted by Crippen LogP contribution is 3.02. The maximum Gasteiger partial charge on any atom is 0.310 e. The first-order chi connectivity index (χ1) is 20.6. The summed E-state index contributed by atoms with van der Waals surface area (Å²) in [4.78, 5) is 2.36. The molecule has 44 heavy (non-hydrogen) atoms. The third-order valence-corrected chi connectivity index (χ3v) is 7.14. The van der Waals surface area contributed by atoms with E-state index in [1.54, 1.807) is 13.4 Å². The Morgan fingerprint density at radius 3 is 2.20 bits per heavy atom. The van der Waals surface area contributed by atoms with Crippen molar-refractivity contribution in [3.63, 3.8) is 0 Å². The summed E-state index contributed by atoms with van der Waals surface area (Å²) in [6, 6.07) is 5.73. The molecule has 0 radical (unpaired) electrons. The van der Waals surface area contributed by atoms with Gasteiger partial charge in [-0.1, -0.05) is 92.2 Å². The highest BCUT2D eigenvalue weighted by Gasteiger charge is 2.66. The molecule has 0 saturated carbocycles. The molecule has 0 saturated heterocycles. The van der Waals surface area contributed by atoms with Gasteiger partial charge in [-0.15, -0.1) is 0 Å². The van der Waals surface area contributed by atoms with Gasteiger partial charge in [0, 0.05) is 31.4 Å². The summed E-state index contributed by atoms with van der Waals surface area (Å²) < 4.78 is 74.4. The van der Waals surface area contributed by atoms with Crippen molar-refractivity contribution in [2.45, 2.75) is 74.1 Å². The number of allylic oxidation sites excluding steroid dienone is 5. The summed E-state index contributed by atoms with van der Waals surface area (Å²) in [6.07, 6.45) is 13.2. The second kappa shape index (κ2) is 16.0. The van der Waals surface area contributed by atoms with Gasteiger partial charge < -0.3 is 9.30 Å². The molecule has 0 N–H and O–H groups in total. The van der Waals surface area contributed by atoms with E-state index in [0.29, 0.717) is 48.8 Å². The van der Waals surface area contributed by atoms with Crippen LogP contribution in [-0.2, 0) is 0 Å². The maximum absolute atomic E-state index is 13.4. The van der Waals surface area contributed by atoms with Crippen molar-refractivity contribution in [2.24, 2.45) is 0 Å². The molecule has 0 bridgehead atoms. The van der Waals surface area contributed by atoms with E-state index in [2.05, 4.69) is 25.4 Å². The lowest BCUT2D eigenvalue weighted by atomic mass is 10.1. The van der Waals surface area contributed by atoms with Gasteiger partial charge >= 0.3 is 10.2 Å². The fourth-order valence-corrected chi connectivity index (χ4v) is 4.83. The molecule has 2 aromatic rings. The number of ether oxygens (including phenoxy) is 1. The smallest absolute Gasteiger partial charge is 0.310 e. The second-order valence-electron chi connectivity index (χ2n) is 9.93. The summed E-state index contributed by atoms with van der Waals surface area (Å²) in [5.74, 6) is 0.653. The number of nitrogens with zero attached hydrogens (tertiary/aromatic N) is 4. The second-order valence-corrected chi connectivity index (χ2v) is 12.3. The van der Waals surface area contributed by atoms with Crippen molar-refractivity contribution in [1.82, 2.24) is 19.6 Å². The fraction of sp³-hybridized carbons (Fsp3) is 0.424. The minimum atomic E-state index is -9.78. The molecule has 5 nitrogen and oxygen atoms in total. The molecule has 11 heteroatoms. The molecule has 0 aliphatic heterocycles. The van der Waals surface area contributed by atoms with Gasteiger partial charge in [0.1, 0.15) is 10.7 Å². The number of aromatic nitrogens is 2. The zero-order valence-electron chi connectivity index (χ0n) is 27.3. The molecule has 248 valence electrons. The third-order valence-electron chi connectivity index (χ3n) is 5.98. The van der Waals surface area contributed by atoms with Crippen molar-refractivity contribution in [2.75, 3.05) is 20.2 Å². The number of halogens is 5. The molecule has 1 heterocycles. The highest BCUT2D eigenvalue weighted by atomic mass is 32.5. The van der Waals surface area contributed by atoms with Gasteiger partial charge in [0.25, 0.3) is 0 Å². The van der Waals surface area contributed by atoms with Crippen molar-refractivity contribution in [3.05, 3.63) is 95.2 Å². The fourth-order valence-electron chi connectivity index (χ4n) is 4.15. The Labute approximate surface area is 260 Å². The number of aryl methyl sites for hydroxylation is 1. The summed E-state index contributed by atoms with van der Waals surface area (Å²) in [5.41, 5.74) is 3.64. The maximum atomic E-state index is 13.4. The van der Waals surface area contributed by atoms with Crippen LogP contribution in [0.25, 0.3) is 11.8 Å². The summed E-state index contributed by atoms with van der Waals surface area (Å²) >= 11 is 0. The molecule has 1 aromatic heterocycles. The van der Waals surface area contributed by atoms with Gasteiger partial charge in [-0.25, -0.2) is 4.98 Å². The van der Waals surface area contributed by atoms with Crippen LogP contribution in [0, 0.1) is 6.92 Å². The first-order valence-electron chi connectivity index (χ1n) is 15.0. The predicted octanol–water partition coefficient (Wildman–Crippen LogP) is 11.5. The zero-order valence-corrected chi connectivity index (χ0v) is 28.1. The van der Waals surface area contributed by atoms with Gasteiger partial charge in [-0.05, 0) is 61.8 Å². The topological polar surface area (TPSA) is 33.5 Å². The summed E-state index contributed by atoms with van der Waals surface area (Å²) in [5, 5.41) is 3.69. The average Bonchev–Trinajstić information content (AvgIpc) is 3.23. The number of hydrogen-bond donors (Lipinski definition) is 0. The Hall–Kier alpha value is -3.47. The van der Waals surface area contributed by atoms with Crippen LogP contribution >= 0.6 is 10.2 Å². The number of methoxy groups -OCH3 is 1. The van der Waals surface area contributed by atoms with E-state index >= 15 is 0 Å². The highest BCUT2D eigenvalue weighted by molar-refractivity contribution is 8.48. The largest absolute Gasteiger partial charge is 0.495 e. The van der Waals surface area contributed by atoms with Crippen LogP contribution in [0.4, 0.5) is 19.4 Å². The minimum Gasteiger partial charge on any atom is -0.495 e. The van der Waals surface area contributed by atoms with Gasteiger partial charge in [-0.2, -0.15) is 0 Å². The monoisotopic (exact) mass is 644 g/mol. The Morgan fingerprint density at radius 2 is 1.68 bits per heavy atom. The van der Waals surface area contributed by atoms with Crippen molar-refractivity contribution >= 4 is 16.3 Å². The van der Waals surface area contributed by atoms with Crippen LogP contribution < -0.4 is 4.74 Å². The predicted molar refractivity (Wildman–Crippen MR) is 177 cm³/mol. The van der Waals surface area contributed by atoms with Crippen LogP contribution in [0.1, 0.15) is 78.5 Å². The standard InChI is InChI=1S/C28H35F5N4OS.C3H8.C2H6/c1-6-17-36(37(18-7-2)25-9-8-10-26(15-14-25)39(29,30,31,32)33)23(4)11-12-24-13-16-27(28(19-24)38-5)35-20-22(3)34-21-35;1-3-2;1-2/h8,10-16,19-21H,4,6-7,9,17-18H2,1-3,5H3;3H2,1-2H3;1-2H3/b12-11+;;. The van der Waals surface area contributed by atoms with E-state index in [1.165, 1.54) is 6.42 Å². The van der Waals surface area contributed by atoms with Crippen molar-refractivity contribution < 1.29 is 24.2 Å². The molecule has 0 unspecified atom stereocenters. The molecular weight excluding hydrogens is 595 g/mol. The zero-order chi connectivity index (χ0) is 33.6. The Bertz CT molecular complexity index is 1350. The van der Waals surface area contributed by atoms with Gasteiger partial charge in [0.05, 0.1) is 30.5 Å². The lowest BCUT2D eigenvalue weighted by Gasteiger charge is -2.41. The summed E-state index contributed by atoms with van der Waals surface area (Å²) in [7, 11) is -8.19. The molecule has 1 aliphatic carbocycles. The van der Waals surface area contributed by atoms with Crippen LogP contribution in [-0.4, -0.2) is 39.8 Å². The number of hydrogen-bond acceptors (Lipinski definition) is 4. The number of hydrazine groups is 1. The molecule has 3 rings (SSSR count). The van der Waals surface area contributed by atoms with Crippen molar-refractivity contribution in [3.8, 4) is 11.4 Å². The van der Waals surface area contributed by atoms with Gasteiger partial charge in [0.2, 0.25) is 0 Å². The molecule has 0 spiro atoms. The average molecular weight is 645 g/mol. The van der Waals surface area contributed by atoms with Crippen LogP contribution in [0.3, 0.4) is 0 Å². The normalized spacial score (nSPS) is 14.5. The van der Waals surface area contributed by atoms with E-state index in [1.807, 2.05) is 85.8 Å². The van der Waals surface area contributed by atoms with Gasteiger partial charge in [0.15, 0.2) is 0 Å². The van der Waals surface area contributed by atoms with Crippen LogP contribution in [0.15, 0.2) is 84.0 Å². The molecule has 1 aliphatic rings. The molecule has 0 amide bonds. The first kappa shape index (κ1) is 38.6. The minimum absolute atomic E-state index is 0.0669. The number of imidazole rings is 1. The van der Waals surface area contributed by atoms with Gasteiger partial charge in [-0.3, -0.25) is 10.0 Å². The van der Waals surface area contributed by atoms with E-state index in [0.717, 1.165) is 35.5 Å². The number of rotatable bonds is 12. The summed E-state index contributed by atoms with van der Waals surface area (Å²) in [6.45, 7) is 19.3. The molecular formula is C33H49F5N4OS. The first-order valence-corrected chi connectivity index (χ1v) is 17.0. The lowest BCUT2D eigenvalue weighted by molar-refractivity contribution is 0.0480. The van der Waals surface area contributed by atoms with E-state index in [-0.39, 0.29) is 6.42 Å². The van der Waals surface area contributed by atoms with E-state index < -0.39 is 15.1 Å². The quantitative estimate of drug-likeness (QED) is 0.131. The molecule has 0 atom stereocenters. The van der Waals surface area contributed by atoms with E-state index in [4.69, 9.17) is 4.74 Å². The van der Waals surface area contributed by atoms with E-state index in [9.17, 15) is 19.4 Å². The van der Waals surface area contributed by atoms with Crippen molar-refractivity contribution in [1.29, 1.82) is 0 Å². The van der Waals surface area contributed by atoms with Crippen LogP contribution in [0.5, 0.6) is 5.75 Å². The SMILES string of the molecule is C=C(/C=C/c1ccc(-n2cnc(C)c2)c(OC)c1)N(CCC)N(CCC)C1=CC=C(S(F)(F)(F)(F)F)C=CC1.CC.CCC. The number of benzene rings is 1. The Kier molecular flexibility index (Phi) is 14.0. The lowest BCUT2D eigenvalue weighted by Crippen LogP contribution is -2.41.